The van der Waals surface area contributed by atoms with Crippen molar-refractivity contribution < 1.29 is 19.1 Å². The standard InChI is InChI=1S/C25H22N4O5S/c1-3-34-25(33)16-9-11-18(12-10-16)27-19(30)13-29-14-26-23-20(24(29)32)15(2)21(35-23)22(31)28-17-7-5-4-6-8-17/h4-12,14H,3,13H2,1-2H3,(H,27,30)(H,28,31). The van der Waals surface area contributed by atoms with Gasteiger partial charge in [-0.1, -0.05) is 18.2 Å². The highest BCUT2D eigenvalue weighted by molar-refractivity contribution is 7.20. The number of aromatic nitrogens is 2. The molecule has 0 radical (unpaired) electrons. The van der Waals surface area contributed by atoms with Crippen LogP contribution in [0.2, 0.25) is 0 Å². The molecule has 35 heavy (non-hydrogen) atoms. The second kappa shape index (κ2) is 10.3. The molecule has 2 amide bonds. The molecule has 0 aliphatic carbocycles. The van der Waals surface area contributed by atoms with Crippen molar-refractivity contribution >= 4 is 50.7 Å². The van der Waals surface area contributed by atoms with Crippen molar-refractivity contribution in [2.45, 2.75) is 20.4 Å². The lowest BCUT2D eigenvalue weighted by Crippen LogP contribution is -2.28. The number of carbonyl (C=O) groups excluding carboxylic acids is 3. The molecular weight excluding hydrogens is 468 g/mol. The van der Waals surface area contributed by atoms with Crippen LogP contribution in [-0.2, 0) is 16.1 Å². The highest BCUT2D eigenvalue weighted by Crippen LogP contribution is 2.27. The number of thiophene rings is 1. The van der Waals surface area contributed by atoms with E-state index in [-0.39, 0.29) is 19.1 Å². The summed E-state index contributed by atoms with van der Waals surface area (Å²) >= 11 is 1.13. The summed E-state index contributed by atoms with van der Waals surface area (Å²) in [5, 5.41) is 5.81. The SMILES string of the molecule is CCOC(=O)c1ccc(NC(=O)Cn2cnc3sc(C(=O)Nc4ccccc4)c(C)c3c2=O)cc1. The number of esters is 1. The molecule has 0 fully saturated rings. The second-order valence-electron chi connectivity index (χ2n) is 7.58. The van der Waals surface area contributed by atoms with Crippen molar-refractivity contribution in [1.82, 2.24) is 9.55 Å². The number of aryl methyl sites for hydroxylation is 1. The first-order valence-electron chi connectivity index (χ1n) is 10.8. The smallest absolute Gasteiger partial charge is 0.338 e. The summed E-state index contributed by atoms with van der Waals surface area (Å²) in [4.78, 5) is 55.2. The van der Waals surface area contributed by atoms with Gasteiger partial charge in [-0.25, -0.2) is 9.78 Å². The number of hydrogen-bond donors (Lipinski definition) is 2. The monoisotopic (exact) mass is 490 g/mol. The van der Waals surface area contributed by atoms with Crippen LogP contribution in [0, 0.1) is 6.92 Å². The molecule has 178 valence electrons. The van der Waals surface area contributed by atoms with Crippen molar-refractivity contribution in [3.05, 3.63) is 87.3 Å². The fourth-order valence-electron chi connectivity index (χ4n) is 3.46. The molecule has 9 nitrogen and oxygen atoms in total. The first-order chi connectivity index (χ1) is 16.9. The van der Waals surface area contributed by atoms with E-state index in [1.807, 2.05) is 18.2 Å². The number of rotatable bonds is 7. The summed E-state index contributed by atoms with van der Waals surface area (Å²) in [6.45, 7) is 3.42. The maximum Gasteiger partial charge on any atom is 0.338 e. The predicted molar refractivity (Wildman–Crippen MR) is 134 cm³/mol. The van der Waals surface area contributed by atoms with Gasteiger partial charge in [0.15, 0.2) is 0 Å². The molecule has 0 saturated heterocycles. The topological polar surface area (TPSA) is 119 Å². The van der Waals surface area contributed by atoms with E-state index in [9.17, 15) is 19.2 Å². The van der Waals surface area contributed by atoms with Crippen LogP contribution in [0.15, 0.2) is 65.7 Å². The van der Waals surface area contributed by atoms with Gasteiger partial charge in [-0.3, -0.25) is 19.0 Å². The van der Waals surface area contributed by atoms with E-state index < -0.39 is 17.4 Å². The zero-order valence-electron chi connectivity index (χ0n) is 19.0. The van der Waals surface area contributed by atoms with E-state index in [0.717, 1.165) is 11.3 Å². The third kappa shape index (κ3) is 5.28. The van der Waals surface area contributed by atoms with E-state index >= 15 is 0 Å². The second-order valence-corrected chi connectivity index (χ2v) is 8.58. The molecule has 2 N–H and O–H groups in total. The zero-order chi connectivity index (χ0) is 24.9. The Morgan fingerprint density at radius 2 is 1.69 bits per heavy atom. The number of para-hydroxylation sites is 1. The highest BCUT2D eigenvalue weighted by Gasteiger charge is 2.20. The molecule has 0 unspecified atom stereocenters. The number of fused-ring (bicyclic) bond motifs is 1. The summed E-state index contributed by atoms with van der Waals surface area (Å²) in [7, 11) is 0. The first-order valence-corrected chi connectivity index (χ1v) is 11.6. The Morgan fingerprint density at radius 1 is 1.00 bits per heavy atom. The van der Waals surface area contributed by atoms with Crippen LogP contribution < -0.4 is 16.2 Å². The number of carbonyl (C=O) groups is 3. The van der Waals surface area contributed by atoms with E-state index in [4.69, 9.17) is 4.74 Å². The van der Waals surface area contributed by atoms with Gasteiger partial charge >= 0.3 is 5.97 Å². The van der Waals surface area contributed by atoms with Crippen molar-refractivity contribution in [1.29, 1.82) is 0 Å². The fraction of sp³-hybridized carbons (Fsp3) is 0.160. The van der Waals surface area contributed by atoms with E-state index in [0.29, 0.717) is 37.6 Å². The molecule has 0 aliphatic heterocycles. The largest absolute Gasteiger partial charge is 0.462 e. The molecule has 10 heteroatoms. The Balaban J connectivity index is 1.50. The minimum atomic E-state index is -0.445. The molecule has 4 rings (SSSR count). The van der Waals surface area contributed by atoms with Crippen LogP contribution in [0.3, 0.4) is 0 Å². The quantitative estimate of drug-likeness (QED) is 0.380. The van der Waals surface area contributed by atoms with Crippen LogP contribution in [0.25, 0.3) is 10.2 Å². The van der Waals surface area contributed by atoms with Crippen LogP contribution >= 0.6 is 11.3 Å². The van der Waals surface area contributed by atoms with Crippen LogP contribution in [0.4, 0.5) is 11.4 Å². The maximum absolute atomic E-state index is 13.1. The average Bonchev–Trinajstić information content (AvgIpc) is 3.19. The number of benzene rings is 2. The molecule has 2 aromatic heterocycles. The minimum Gasteiger partial charge on any atom is -0.462 e. The van der Waals surface area contributed by atoms with Crippen molar-refractivity contribution in [2.24, 2.45) is 0 Å². The number of anilines is 2. The van der Waals surface area contributed by atoms with Gasteiger partial charge in [0.1, 0.15) is 11.4 Å². The summed E-state index contributed by atoms with van der Waals surface area (Å²) in [5.74, 6) is -1.21. The Hall–Kier alpha value is -4.31. The van der Waals surface area contributed by atoms with Crippen molar-refractivity contribution in [3.8, 4) is 0 Å². The van der Waals surface area contributed by atoms with Crippen molar-refractivity contribution in [3.63, 3.8) is 0 Å². The van der Waals surface area contributed by atoms with E-state index in [1.54, 1.807) is 50.2 Å². The molecule has 2 aromatic carbocycles. The van der Waals surface area contributed by atoms with Gasteiger partial charge < -0.3 is 15.4 Å². The molecule has 0 saturated carbocycles. The Bertz CT molecular complexity index is 1460. The molecule has 0 spiro atoms. The summed E-state index contributed by atoms with van der Waals surface area (Å²) in [6.07, 6.45) is 1.29. The molecule has 4 aromatic rings. The third-order valence-corrected chi connectivity index (χ3v) is 6.35. The number of nitrogens with one attached hydrogen (secondary N) is 2. The van der Waals surface area contributed by atoms with Crippen LogP contribution in [0.1, 0.15) is 32.5 Å². The number of nitrogens with zero attached hydrogens (tertiary/aromatic N) is 2. The molecule has 0 aliphatic rings. The zero-order valence-corrected chi connectivity index (χ0v) is 19.8. The summed E-state index contributed by atoms with van der Waals surface area (Å²) in [5.41, 5.74) is 1.59. The maximum atomic E-state index is 13.1. The minimum absolute atomic E-state index is 0.262. The lowest BCUT2D eigenvalue weighted by Gasteiger charge is -2.08. The summed E-state index contributed by atoms with van der Waals surface area (Å²) < 4.78 is 6.13. The van der Waals surface area contributed by atoms with Gasteiger partial charge in [0.05, 0.1) is 28.8 Å². The molecule has 0 bridgehead atoms. The van der Waals surface area contributed by atoms with Crippen molar-refractivity contribution in [2.75, 3.05) is 17.2 Å². The third-order valence-electron chi connectivity index (χ3n) is 5.15. The normalized spacial score (nSPS) is 10.7. The van der Waals surface area contributed by atoms with E-state index in [2.05, 4.69) is 15.6 Å². The lowest BCUT2D eigenvalue weighted by molar-refractivity contribution is -0.116. The Labute approximate surface area is 204 Å². The number of ether oxygens (including phenoxy) is 1. The van der Waals surface area contributed by atoms with Crippen LogP contribution in [0.5, 0.6) is 0 Å². The average molecular weight is 491 g/mol. The highest BCUT2D eigenvalue weighted by atomic mass is 32.1. The van der Waals surface area contributed by atoms with Crippen LogP contribution in [-0.4, -0.2) is 33.9 Å². The summed E-state index contributed by atoms with van der Waals surface area (Å²) in [6, 6.07) is 15.3. The van der Waals surface area contributed by atoms with Gasteiger partial charge in [0.2, 0.25) is 5.91 Å². The van der Waals surface area contributed by atoms with E-state index in [1.165, 1.54) is 10.9 Å². The van der Waals surface area contributed by atoms with Gasteiger partial charge in [0.25, 0.3) is 11.5 Å². The predicted octanol–water partition coefficient (Wildman–Crippen LogP) is 3.83. The Morgan fingerprint density at radius 3 is 2.37 bits per heavy atom. The van der Waals surface area contributed by atoms with Gasteiger partial charge in [-0.15, -0.1) is 11.3 Å². The fourth-order valence-corrected chi connectivity index (χ4v) is 4.49. The first kappa shape index (κ1) is 23.8. The molecule has 0 atom stereocenters. The molecule has 2 heterocycles. The van der Waals surface area contributed by atoms with Gasteiger partial charge in [-0.05, 0) is 55.8 Å². The molecular formula is C25H22N4O5S. The number of amides is 2. The van der Waals surface area contributed by atoms with Gasteiger partial charge in [-0.2, -0.15) is 0 Å². The lowest BCUT2D eigenvalue weighted by atomic mass is 10.2. The number of hydrogen-bond acceptors (Lipinski definition) is 7. The van der Waals surface area contributed by atoms with Gasteiger partial charge in [0, 0.05) is 11.4 Å². The Kier molecular flexibility index (Phi) is 7.02.